The minimum atomic E-state index is -3.55. The first-order valence-electron chi connectivity index (χ1n) is 5.95. The zero-order valence-corrected chi connectivity index (χ0v) is 11.4. The van der Waals surface area contributed by atoms with Crippen LogP contribution in [-0.2, 0) is 19.6 Å². The van der Waals surface area contributed by atoms with Crippen molar-refractivity contribution >= 4 is 21.7 Å². The van der Waals surface area contributed by atoms with E-state index in [0.29, 0.717) is 5.69 Å². The van der Waals surface area contributed by atoms with E-state index in [9.17, 15) is 13.2 Å². The van der Waals surface area contributed by atoms with Crippen LogP contribution in [0.2, 0.25) is 0 Å². The predicted molar refractivity (Wildman–Crippen MR) is 70.3 cm³/mol. The van der Waals surface area contributed by atoms with Crippen LogP contribution in [0.3, 0.4) is 0 Å². The largest absolute Gasteiger partial charge is 0.468 e. The number of ether oxygens (including phenoxy) is 1. The van der Waals surface area contributed by atoms with Gasteiger partial charge in [-0.15, -0.1) is 0 Å². The highest BCUT2D eigenvalue weighted by molar-refractivity contribution is 7.89. The fourth-order valence-electron chi connectivity index (χ4n) is 1.57. The highest BCUT2D eigenvalue weighted by atomic mass is 32.2. The minimum Gasteiger partial charge on any atom is -0.468 e. The molecule has 0 aliphatic heterocycles. The number of sulfonamides is 1. The van der Waals surface area contributed by atoms with Crippen LogP contribution in [0.4, 0.5) is 5.69 Å². The van der Waals surface area contributed by atoms with Gasteiger partial charge in [0.15, 0.2) is 0 Å². The van der Waals surface area contributed by atoms with Gasteiger partial charge in [-0.25, -0.2) is 13.1 Å². The lowest BCUT2D eigenvalue weighted by Gasteiger charge is -2.12. The standard InChI is InChI=1S/C12H16N2O4S/c1-18-12(15)8-13-10-4-2-3-5-11(10)19(16,17)14-9-6-7-9/h2-5,9,13-14H,6-8H2,1H3. The monoisotopic (exact) mass is 284 g/mol. The van der Waals surface area contributed by atoms with Gasteiger partial charge in [-0.1, -0.05) is 12.1 Å². The molecule has 1 saturated carbocycles. The van der Waals surface area contributed by atoms with Gasteiger partial charge in [0.05, 0.1) is 12.8 Å². The van der Waals surface area contributed by atoms with E-state index in [4.69, 9.17) is 0 Å². The molecule has 0 unspecified atom stereocenters. The molecular weight excluding hydrogens is 268 g/mol. The lowest BCUT2D eigenvalue weighted by molar-refractivity contribution is -0.138. The topological polar surface area (TPSA) is 84.5 Å². The Hall–Kier alpha value is -1.60. The van der Waals surface area contributed by atoms with Crippen molar-refractivity contribution in [2.75, 3.05) is 19.0 Å². The number of anilines is 1. The predicted octanol–water partition coefficient (Wildman–Crippen LogP) is 0.712. The van der Waals surface area contributed by atoms with E-state index in [-0.39, 0.29) is 17.5 Å². The van der Waals surface area contributed by atoms with Crippen LogP contribution in [0.5, 0.6) is 0 Å². The summed E-state index contributed by atoms with van der Waals surface area (Å²) >= 11 is 0. The SMILES string of the molecule is COC(=O)CNc1ccccc1S(=O)(=O)NC1CC1. The first-order valence-corrected chi connectivity index (χ1v) is 7.43. The van der Waals surface area contributed by atoms with Crippen molar-refractivity contribution in [3.05, 3.63) is 24.3 Å². The number of methoxy groups -OCH3 is 1. The number of carbonyl (C=O) groups excluding carboxylic acids is 1. The van der Waals surface area contributed by atoms with Gasteiger partial charge in [0, 0.05) is 6.04 Å². The first kappa shape index (κ1) is 13.8. The number of carbonyl (C=O) groups is 1. The van der Waals surface area contributed by atoms with E-state index in [2.05, 4.69) is 14.8 Å². The lowest BCUT2D eigenvalue weighted by Crippen LogP contribution is -2.27. The smallest absolute Gasteiger partial charge is 0.325 e. The summed E-state index contributed by atoms with van der Waals surface area (Å²) in [7, 11) is -2.27. The van der Waals surface area contributed by atoms with Crippen LogP contribution in [0.15, 0.2) is 29.2 Å². The maximum absolute atomic E-state index is 12.2. The van der Waals surface area contributed by atoms with Gasteiger partial charge < -0.3 is 10.1 Å². The zero-order chi connectivity index (χ0) is 13.9. The van der Waals surface area contributed by atoms with Crippen molar-refractivity contribution in [2.45, 2.75) is 23.8 Å². The molecule has 6 nitrogen and oxygen atoms in total. The lowest BCUT2D eigenvalue weighted by atomic mass is 10.3. The van der Waals surface area contributed by atoms with Gasteiger partial charge in [0.25, 0.3) is 0 Å². The number of esters is 1. The number of hydrogen-bond donors (Lipinski definition) is 2. The van der Waals surface area contributed by atoms with E-state index in [1.165, 1.54) is 13.2 Å². The molecule has 2 rings (SSSR count). The number of para-hydroxylation sites is 1. The average molecular weight is 284 g/mol. The highest BCUT2D eigenvalue weighted by Crippen LogP contribution is 2.25. The van der Waals surface area contributed by atoms with Crippen molar-refractivity contribution in [1.29, 1.82) is 0 Å². The molecule has 1 aromatic rings. The molecule has 0 spiro atoms. The van der Waals surface area contributed by atoms with E-state index >= 15 is 0 Å². The fraction of sp³-hybridized carbons (Fsp3) is 0.417. The fourth-order valence-corrected chi connectivity index (χ4v) is 3.06. The molecule has 7 heteroatoms. The van der Waals surface area contributed by atoms with E-state index in [0.717, 1.165) is 12.8 Å². The number of nitrogens with one attached hydrogen (secondary N) is 2. The Bertz CT molecular complexity index is 567. The molecule has 1 aromatic carbocycles. The maximum atomic E-state index is 12.2. The third-order valence-electron chi connectivity index (χ3n) is 2.73. The third kappa shape index (κ3) is 3.68. The Labute approximate surface area is 112 Å². The second kappa shape index (κ2) is 5.58. The van der Waals surface area contributed by atoms with Crippen LogP contribution in [0.25, 0.3) is 0 Å². The molecule has 1 aliphatic rings. The van der Waals surface area contributed by atoms with Crippen LogP contribution in [0, 0.1) is 0 Å². The molecule has 0 atom stereocenters. The summed E-state index contributed by atoms with van der Waals surface area (Å²) in [6.07, 6.45) is 1.74. The summed E-state index contributed by atoms with van der Waals surface area (Å²) in [4.78, 5) is 11.2. The quantitative estimate of drug-likeness (QED) is 0.752. The zero-order valence-electron chi connectivity index (χ0n) is 10.5. The Kier molecular flexibility index (Phi) is 4.06. The summed E-state index contributed by atoms with van der Waals surface area (Å²) in [5.41, 5.74) is 0.390. The van der Waals surface area contributed by atoms with Crippen molar-refractivity contribution in [3.8, 4) is 0 Å². The normalized spacial score (nSPS) is 15.0. The molecule has 0 radical (unpaired) electrons. The molecule has 104 valence electrons. The number of hydrogen-bond acceptors (Lipinski definition) is 5. The van der Waals surface area contributed by atoms with Gasteiger partial charge in [0.1, 0.15) is 11.4 Å². The summed E-state index contributed by atoms with van der Waals surface area (Å²) in [5.74, 6) is -0.456. The second-order valence-electron chi connectivity index (χ2n) is 4.32. The molecule has 19 heavy (non-hydrogen) atoms. The van der Waals surface area contributed by atoms with Gasteiger partial charge >= 0.3 is 5.97 Å². The van der Waals surface area contributed by atoms with Crippen molar-refractivity contribution in [3.63, 3.8) is 0 Å². The van der Waals surface area contributed by atoms with Crippen LogP contribution >= 0.6 is 0 Å². The Balaban J connectivity index is 2.17. The molecule has 1 aliphatic carbocycles. The Morgan fingerprint density at radius 3 is 2.68 bits per heavy atom. The van der Waals surface area contributed by atoms with Crippen molar-refractivity contribution in [1.82, 2.24) is 4.72 Å². The summed E-state index contributed by atoms with van der Waals surface area (Å²) in [5, 5.41) is 2.77. The molecule has 0 aromatic heterocycles. The third-order valence-corrected chi connectivity index (χ3v) is 4.31. The van der Waals surface area contributed by atoms with Crippen molar-refractivity contribution < 1.29 is 17.9 Å². The first-order chi connectivity index (χ1) is 9.03. The van der Waals surface area contributed by atoms with Gasteiger partial charge in [-0.3, -0.25) is 4.79 Å². The molecule has 0 saturated heterocycles. The summed E-state index contributed by atoms with van der Waals surface area (Å²) < 4.78 is 31.4. The van der Waals surface area contributed by atoms with Crippen LogP contribution in [-0.4, -0.2) is 34.1 Å². The molecule has 0 bridgehead atoms. The molecule has 0 heterocycles. The minimum absolute atomic E-state index is 0.0404. The molecule has 0 amide bonds. The average Bonchev–Trinajstić information content (AvgIpc) is 3.19. The molecular formula is C12H16N2O4S. The van der Waals surface area contributed by atoms with E-state index in [1.54, 1.807) is 18.2 Å². The number of benzene rings is 1. The summed E-state index contributed by atoms with van der Waals surface area (Å²) in [6.45, 7) is -0.0769. The summed E-state index contributed by atoms with van der Waals surface area (Å²) in [6, 6.07) is 6.51. The molecule has 1 fully saturated rings. The number of rotatable bonds is 6. The Morgan fingerprint density at radius 2 is 2.05 bits per heavy atom. The van der Waals surface area contributed by atoms with Crippen molar-refractivity contribution in [2.24, 2.45) is 0 Å². The van der Waals surface area contributed by atoms with E-state index in [1.807, 2.05) is 0 Å². The van der Waals surface area contributed by atoms with Crippen LogP contribution < -0.4 is 10.0 Å². The second-order valence-corrected chi connectivity index (χ2v) is 6.00. The van der Waals surface area contributed by atoms with Gasteiger partial charge in [-0.05, 0) is 25.0 Å². The van der Waals surface area contributed by atoms with Crippen LogP contribution in [0.1, 0.15) is 12.8 Å². The maximum Gasteiger partial charge on any atom is 0.325 e. The van der Waals surface area contributed by atoms with E-state index < -0.39 is 16.0 Å². The highest BCUT2D eigenvalue weighted by Gasteiger charge is 2.29. The van der Waals surface area contributed by atoms with Gasteiger partial charge in [0.2, 0.25) is 10.0 Å². The molecule has 2 N–H and O–H groups in total. The van der Waals surface area contributed by atoms with Gasteiger partial charge in [-0.2, -0.15) is 0 Å². The Morgan fingerprint density at radius 1 is 1.37 bits per heavy atom.